The quantitative estimate of drug-likeness (QED) is 0.534. The molecule has 166 valence electrons. The lowest BCUT2D eigenvalue weighted by Crippen LogP contribution is -2.40. The summed E-state index contributed by atoms with van der Waals surface area (Å²) in [5, 5.41) is 2.82. The second-order valence-electron chi connectivity index (χ2n) is 7.55. The Hall–Kier alpha value is -3.30. The van der Waals surface area contributed by atoms with Crippen LogP contribution >= 0.6 is 27.3 Å². The van der Waals surface area contributed by atoms with Gasteiger partial charge in [0.05, 0.1) is 29.5 Å². The first-order valence-corrected chi connectivity index (χ1v) is 11.9. The Balaban J connectivity index is 1.82. The van der Waals surface area contributed by atoms with Crippen LogP contribution in [-0.2, 0) is 14.3 Å². The Morgan fingerprint density at radius 3 is 2.64 bits per heavy atom. The van der Waals surface area contributed by atoms with Crippen LogP contribution < -0.4 is 20.2 Å². The average Bonchev–Trinajstić information content (AvgIpc) is 3.28. The topological polar surface area (TPSA) is 89.8 Å². The molecule has 5 rings (SSSR count). The fraction of sp³-hybridized carbons (Fsp3) is 0.167. The minimum atomic E-state index is -0.720. The van der Waals surface area contributed by atoms with Gasteiger partial charge in [0.1, 0.15) is 4.53 Å². The molecule has 2 aliphatic heterocycles. The summed E-state index contributed by atoms with van der Waals surface area (Å²) in [5.41, 5.74) is 2.82. The van der Waals surface area contributed by atoms with E-state index >= 15 is 0 Å². The molecule has 1 amide bonds. The minimum absolute atomic E-state index is 0.203. The number of hydrogen-bond donors (Lipinski definition) is 1. The number of hydrogen-bond acceptors (Lipinski definition) is 6. The number of amides is 1. The van der Waals surface area contributed by atoms with Crippen LogP contribution in [0.25, 0.3) is 5.57 Å². The number of halogens is 1. The van der Waals surface area contributed by atoms with Crippen molar-refractivity contribution < 1.29 is 14.3 Å². The van der Waals surface area contributed by atoms with Crippen LogP contribution in [0.4, 0.5) is 5.69 Å². The molecule has 0 bridgehead atoms. The molecule has 2 aliphatic rings. The van der Waals surface area contributed by atoms with E-state index in [0.717, 1.165) is 21.4 Å². The maximum absolute atomic E-state index is 13.8. The van der Waals surface area contributed by atoms with Crippen molar-refractivity contribution >= 4 is 50.4 Å². The van der Waals surface area contributed by atoms with Crippen LogP contribution in [0.15, 0.2) is 74.1 Å². The third-order valence-corrected chi connectivity index (χ3v) is 7.16. The summed E-state index contributed by atoms with van der Waals surface area (Å²) < 4.78 is 7.96. The first kappa shape index (κ1) is 21.5. The number of nitrogens with zero attached hydrogens (tertiary/aromatic N) is 2. The second-order valence-corrected chi connectivity index (χ2v) is 9.44. The van der Waals surface area contributed by atoms with Gasteiger partial charge in [0.25, 0.3) is 11.5 Å². The average molecular weight is 524 g/mol. The van der Waals surface area contributed by atoms with Gasteiger partial charge in [-0.25, -0.2) is 9.79 Å². The molecule has 0 radical (unpaired) electrons. The number of carbonyl (C=O) groups excluding carboxylic acids is 2. The van der Waals surface area contributed by atoms with Crippen LogP contribution in [0.3, 0.4) is 0 Å². The predicted molar refractivity (Wildman–Crippen MR) is 129 cm³/mol. The summed E-state index contributed by atoms with van der Waals surface area (Å²) in [4.78, 5) is 44.5. The first-order chi connectivity index (χ1) is 15.9. The number of esters is 1. The maximum atomic E-state index is 13.8. The second kappa shape index (κ2) is 8.24. The lowest BCUT2D eigenvalue weighted by Gasteiger charge is -2.24. The lowest BCUT2D eigenvalue weighted by atomic mass is 9.96. The number of allylic oxidation sites excluding steroid dienone is 1. The molecule has 7 nitrogen and oxygen atoms in total. The number of anilines is 1. The molecule has 1 aromatic heterocycles. The number of fused-ring (bicyclic) bond motifs is 2. The van der Waals surface area contributed by atoms with E-state index in [4.69, 9.17) is 4.74 Å². The summed E-state index contributed by atoms with van der Waals surface area (Å²) in [5.74, 6) is -0.850. The molecular weight excluding hydrogens is 506 g/mol. The zero-order valence-electron chi connectivity index (χ0n) is 17.7. The molecule has 0 aliphatic carbocycles. The normalized spacial score (nSPS) is 18.4. The number of benzene rings is 2. The molecule has 9 heteroatoms. The van der Waals surface area contributed by atoms with Gasteiger partial charge in [0.15, 0.2) is 4.80 Å². The van der Waals surface area contributed by atoms with Crippen molar-refractivity contribution in [3.63, 3.8) is 0 Å². The van der Waals surface area contributed by atoms with Gasteiger partial charge in [-0.3, -0.25) is 14.2 Å². The van der Waals surface area contributed by atoms with Crippen molar-refractivity contribution in [3.8, 4) is 0 Å². The standard InChI is InChI=1S/C24H18BrN3O4S/c1-3-32-23(31)17-12(2)26-24-28(19(17)13-8-10-14(25)11-9-13)22(30)20(33-24)18-15-6-4-5-7-16(15)27-21(18)29/h4-11,19H,3H2,1-2H3,(H,27,29)/b20-18+. The molecular formula is C24H18BrN3O4S. The van der Waals surface area contributed by atoms with E-state index in [0.29, 0.717) is 32.9 Å². The molecule has 3 aromatic rings. The number of para-hydroxylation sites is 1. The Morgan fingerprint density at radius 2 is 1.91 bits per heavy atom. The molecule has 1 N–H and O–H groups in total. The van der Waals surface area contributed by atoms with Gasteiger partial charge < -0.3 is 10.1 Å². The summed E-state index contributed by atoms with van der Waals surface area (Å²) in [6, 6.07) is 13.9. The third-order valence-electron chi connectivity index (χ3n) is 5.58. The molecule has 0 fully saturated rings. The highest BCUT2D eigenvalue weighted by atomic mass is 79.9. The fourth-order valence-corrected chi connectivity index (χ4v) is 5.55. The highest BCUT2D eigenvalue weighted by Gasteiger charge is 2.35. The summed E-state index contributed by atoms with van der Waals surface area (Å²) in [7, 11) is 0. The van der Waals surface area contributed by atoms with E-state index in [1.807, 2.05) is 42.5 Å². The van der Waals surface area contributed by atoms with Gasteiger partial charge in [-0.05, 0) is 37.6 Å². The number of nitrogens with one attached hydrogen (secondary N) is 1. The summed E-state index contributed by atoms with van der Waals surface area (Å²) in [6.07, 6.45) is 0. The molecule has 3 heterocycles. The van der Waals surface area contributed by atoms with Gasteiger partial charge in [-0.2, -0.15) is 0 Å². The monoisotopic (exact) mass is 523 g/mol. The number of thiazole rings is 1. The highest BCUT2D eigenvalue weighted by Crippen LogP contribution is 2.32. The molecule has 1 unspecified atom stereocenters. The molecule has 0 saturated heterocycles. The van der Waals surface area contributed by atoms with Gasteiger partial charge in [-0.1, -0.05) is 57.6 Å². The van der Waals surface area contributed by atoms with Gasteiger partial charge >= 0.3 is 5.97 Å². The van der Waals surface area contributed by atoms with E-state index in [-0.39, 0.29) is 22.6 Å². The number of ether oxygens (including phenoxy) is 1. The van der Waals surface area contributed by atoms with Crippen molar-refractivity contribution in [3.05, 3.63) is 95.1 Å². The smallest absolute Gasteiger partial charge is 0.338 e. The van der Waals surface area contributed by atoms with Crippen molar-refractivity contribution in [2.45, 2.75) is 19.9 Å². The number of aromatic nitrogens is 1. The molecule has 1 atom stereocenters. The Kier molecular flexibility index (Phi) is 5.38. The van der Waals surface area contributed by atoms with Gasteiger partial charge in [0, 0.05) is 15.7 Å². The first-order valence-electron chi connectivity index (χ1n) is 10.3. The SMILES string of the molecule is CCOC(=O)C1=C(C)N=c2s/c(=C3/C(=O)Nc4ccccc43)c(=O)n2C1c1ccc(Br)cc1. The predicted octanol–water partition coefficient (Wildman–Crippen LogP) is 2.88. The molecule has 2 aromatic carbocycles. The van der Waals surface area contributed by atoms with E-state index in [9.17, 15) is 14.4 Å². The number of rotatable bonds is 3. The Morgan fingerprint density at radius 1 is 1.18 bits per heavy atom. The molecule has 33 heavy (non-hydrogen) atoms. The van der Waals surface area contributed by atoms with Crippen LogP contribution in [0.1, 0.15) is 31.0 Å². The van der Waals surface area contributed by atoms with Gasteiger partial charge in [0.2, 0.25) is 0 Å². The van der Waals surface area contributed by atoms with Crippen molar-refractivity contribution in [1.29, 1.82) is 0 Å². The Bertz CT molecular complexity index is 1530. The number of carbonyl (C=O) groups is 2. The van der Waals surface area contributed by atoms with E-state index in [2.05, 4.69) is 26.2 Å². The van der Waals surface area contributed by atoms with E-state index in [1.54, 1.807) is 19.9 Å². The third kappa shape index (κ3) is 3.48. The van der Waals surface area contributed by atoms with Crippen LogP contribution in [0, 0.1) is 0 Å². The zero-order chi connectivity index (χ0) is 23.3. The van der Waals surface area contributed by atoms with E-state index in [1.165, 1.54) is 4.57 Å². The van der Waals surface area contributed by atoms with Crippen molar-refractivity contribution in [2.75, 3.05) is 11.9 Å². The van der Waals surface area contributed by atoms with Crippen molar-refractivity contribution in [1.82, 2.24) is 4.57 Å². The largest absolute Gasteiger partial charge is 0.463 e. The van der Waals surface area contributed by atoms with Crippen LogP contribution in [0.5, 0.6) is 0 Å². The van der Waals surface area contributed by atoms with Crippen LogP contribution in [0.2, 0.25) is 0 Å². The fourth-order valence-electron chi connectivity index (χ4n) is 4.15. The zero-order valence-corrected chi connectivity index (χ0v) is 20.1. The maximum Gasteiger partial charge on any atom is 0.338 e. The molecule has 0 spiro atoms. The Labute approximate surface area is 200 Å². The molecule has 0 saturated carbocycles. The van der Waals surface area contributed by atoms with E-state index < -0.39 is 12.0 Å². The summed E-state index contributed by atoms with van der Waals surface area (Å²) >= 11 is 4.58. The van der Waals surface area contributed by atoms with Crippen molar-refractivity contribution in [2.24, 2.45) is 4.99 Å². The lowest BCUT2D eigenvalue weighted by molar-refractivity contribution is -0.139. The highest BCUT2D eigenvalue weighted by molar-refractivity contribution is 9.10. The summed E-state index contributed by atoms with van der Waals surface area (Å²) in [6.45, 7) is 3.67. The minimum Gasteiger partial charge on any atom is -0.463 e. The van der Waals surface area contributed by atoms with Crippen LogP contribution in [-0.4, -0.2) is 23.1 Å². The van der Waals surface area contributed by atoms with Gasteiger partial charge in [-0.15, -0.1) is 0 Å².